The number of aliphatic hydroxyl groups excluding tert-OH is 1. The summed E-state index contributed by atoms with van der Waals surface area (Å²) < 4.78 is 0. The van der Waals surface area contributed by atoms with E-state index in [2.05, 4.69) is 44.8 Å². The molecule has 1 unspecified atom stereocenters. The van der Waals surface area contributed by atoms with Crippen LogP contribution in [0, 0.1) is 0 Å². The third-order valence-electron chi connectivity index (χ3n) is 5.66. The molecule has 2 aromatic rings. The molecule has 6 nitrogen and oxygen atoms in total. The van der Waals surface area contributed by atoms with Gasteiger partial charge in [-0.15, -0.1) is 24.8 Å². The molecule has 1 amide bonds. The van der Waals surface area contributed by atoms with Crippen molar-refractivity contribution < 1.29 is 9.90 Å². The van der Waals surface area contributed by atoms with Gasteiger partial charge in [-0.05, 0) is 48.9 Å². The molecule has 1 aromatic carbocycles. The molecule has 30 heavy (non-hydrogen) atoms. The van der Waals surface area contributed by atoms with Gasteiger partial charge in [0.05, 0.1) is 6.10 Å². The molecule has 3 N–H and O–H groups in total. The fraction of sp³-hybridized carbons (Fsp3) is 0.455. The van der Waals surface area contributed by atoms with Crippen LogP contribution in [0.3, 0.4) is 0 Å². The predicted octanol–water partition coefficient (Wildman–Crippen LogP) is 3.04. The van der Waals surface area contributed by atoms with E-state index >= 15 is 0 Å². The first-order valence-corrected chi connectivity index (χ1v) is 10.2. The van der Waals surface area contributed by atoms with Crippen molar-refractivity contribution in [3.63, 3.8) is 0 Å². The fourth-order valence-electron chi connectivity index (χ4n) is 3.80. The second-order valence-corrected chi connectivity index (χ2v) is 7.82. The molecular formula is C22H30Cl2N4O2. The summed E-state index contributed by atoms with van der Waals surface area (Å²) in [4.78, 5) is 19.0. The summed E-state index contributed by atoms with van der Waals surface area (Å²) in [6.45, 7) is 2.58. The van der Waals surface area contributed by atoms with Crippen LogP contribution >= 0.6 is 24.8 Å². The Hall–Kier alpha value is -1.86. The molecule has 164 valence electrons. The van der Waals surface area contributed by atoms with Gasteiger partial charge in [0.1, 0.15) is 5.82 Å². The number of carbonyl (C=O) groups is 1. The van der Waals surface area contributed by atoms with Gasteiger partial charge >= 0.3 is 0 Å². The summed E-state index contributed by atoms with van der Waals surface area (Å²) in [5.41, 5.74) is 3.29. The van der Waals surface area contributed by atoms with Crippen molar-refractivity contribution in [3.8, 4) is 0 Å². The van der Waals surface area contributed by atoms with Gasteiger partial charge in [-0.1, -0.05) is 24.3 Å². The Morgan fingerprint density at radius 1 is 1.20 bits per heavy atom. The van der Waals surface area contributed by atoms with Crippen LogP contribution < -0.4 is 10.6 Å². The first-order valence-electron chi connectivity index (χ1n) is 10.2. The van der Waals surface area contributed by atoms with E-state index in [0.717, 1.165) is 38.2 Å². The second kappa shape index (κ2) is 11.5. The molecule has 2 aliphatic rings. The minimum Gasteiger partial charge on any atom is -0.390 e. The van der Waals surface area contributed by atoms with Crippen molar-refractivity contribution in [3.05, 3.63) is 59.3 Å². The number of amides is 1. The number of carbonyl (C=O) groups excluding carboxylic acids is 1. The molecule has 1 aliphatic heterocycles. The van der Waals surface area contributed by atoms with E-state index in [9.17, 15) is 9.90 Å². The van der Waals surface area contributed by atoms with Crippen molar-refractivity contribution in [2.45, 2.75) is 44.4 Å². The number of benzene rings is 1. The summed E-state index contributed by atoms with van der Waals surface area (Å²) in [5, 5.41) is 16.6. The molecule has 1 fully saturated rings. The molecule has 2 heterocycles. The van der Waals surface area contributed by atoms with Crippen LogP contribution in [-0.4, -0.2) is 52.7 Å². The van der Waals surface area contributed by atoms with E-state index in [1.54, 1.807) is 18.3 Å². The van der Waals surface area contributed by atoms with Crippen LogP contribution in [-0.2, 0) is 13.0 Å². The van der Waals surface area contributed by atoms with Gasteiger partial charge in [0.25, 0.3) is 5.91 Å². The number of aliphatic hydroxyl groups is 1. The third-order valence-corrected chi connectivity index (χ3v) is 5.66. The quantitative estimate of drug-likeness (QED) is 0.601. The normalized spacial score (nSPS) is 16.8. The minimum absolute atomic E-state index is 0. The number of pyridine rings is 1. The maximum Gasteiger partial charge on any atom is 0.251 e. The summed E-state index contributed by atoms with van der Waals surface area (Å²) >= 11 is 0. The Bertz CT molecular complexity index is 832. The van der Waals surface area contributed by atoms with Crippen molar-refractivity contribution in [2.75, 3.05) is 25.0 Å². The molecule has 0 radical (unpaired) electrons. The average Bonchev–Trinajstić information content (AvgIpc) is 2.69. The number of rotatable bonds is 7. The Morgan fingerprint density at radius 2 is 1.97 bits per heavy atom. The van der Waals surface area contributed by atoms with Crippen molar-refractivity contribution in [1.82, 2.24) is 15.2 Å². The number of halogens is 2. The Balaban J connectivity index is 0.00000160. The number of nitrogens with one attached hydrogen (secondary N) is 2. The molecule has 0 spiro atoms. The van der Waals surface area contributed by atoms with Gasteiger partial charge in [-0.3, -0.25) is 9.69 Å². The lowest BCUT2D eigenvalue weighted by molar-refractivity contribution is 0.0842. The number of β-amino-alcohol motifs (C(OH)–C–C–N with tert-alkyl or cyclic N) is 1. The van der Waals surface area contributed by atoms with Crippen LogP contribution in [0.15, 0.2) is 42.6 Å². The summed E-state index contributed by atoms with van der Waals surface area (Å²) in [6.07, 6.45) is 5.62. The monoisotopic (exact) mass is 452 g/mol. The van der Waals surface area contributed by atoms with E-state index < -0.39 is 6.10 Å². The van der Waals surface area contributed by atoms with E-state index in [0.29, 0.717) is 18.2 Å². The summed E-state index contributed by atoms with van der Waals surface area (Å²) in [7, 11) is 0. The number of fused-ring (bicyclic) bond motifs is 1. The van der Waals surface area contributed by atoms with Gasteiger partial charge in [-0.2, -0.15) is 0 Å². The van der Waals surface area contributed by atoms with Gasteiger partial charge in [0.2, 0.25) is 0 Å². The largest absolute Gasteiger partial charge is 0.390 e. The highest BCUT2D eigenvalue weighted by Crippen LogP contribution is 2.22. The van der Waals surface area contributed by atoms with Crippen molar-refractivity contribution >= 4 is 36.5 Å². The summed E-state index contributed by atoms with van der Waals surface area (Å²) in [5.74, 6) is 0.562. The second-order valence-electron chi connectivity index (χ2n) is 7.82. The molecule has 1 saturated carbocycles. The topological polar surface area (TPSA) is 77.5 Å². The lowest BCUT2D eigenvalue weighted by Crippen LogP contribution is -2.42. The Labute approximate surface area is 190 Å². The zero-order valence-electron chi connectivity index (χ0n) is 16.9. The smallest absolute Gasteiger partial charge is 0.251 e. The van der Waals surface area contributed by atoms with Gasteiger partial charge in [0.15, 0.2) is 0 Å². The zero-order chi connectivity index (χ0) is 19.3. The lowest BCUT2D eigenvalue weighted by atomic mass is 9.93. The zero-order valence-corrected chi connectivity index (χ0v) is 18.6. The molecule has 1 aliphatic carbocycles. The summed E-state index contributed by atoms with van der Waals surface area (Å²) in [6, 6.07) is 12.4. The first kappa shape index (κ1) is 24.4. The molecule has 4 rings (SSSR count). The predicted molar refractivity (Wildman–Crippen MR) is 124 cm³/mol. The van der Waals surface area contributed by atoms with Crippen LogP contribution in [0.2, 0.25) is 0 Å². The van der Waals surface area contributed by atoms with Crippen LogP contribution in [0.5, 0.6) is 0 Å². The average molecular weight is 453 g/mol. The van der Waals surface area contributed by atoms with Crippen LogP contribution in [0.4, 0.5) is 5.82 Å². The first-order chi connectivity index (χ1) is 13.7. The van der Waals surface area contributed by atoms with E-state index in [4.69, 9.17) is 0 Å². The number of anilines is 1. The highest BCUT2D eigenvalue weighted by Gasteiger charge is 2.20. The Morgan fingerprint density at radius 3 is 2.70 bits per heavy atom. The lowest BCUT2D eigenvalue weighted by Gasteiger charge is -2.30. The SMILES string of the molecule is Cl.Cl.O=C(NCC(O)CN1CCc2ccccc2C1)c1ccnc(NC2CCC2)c1. The molecule has 0 bridgehead atoms. The number of nitrogens with zero attached hydrogens (tertiary/aromatic N) is 2. The number of hydrogen-bond acceptors (Lipinski definition) is 5. The Kier molecular flexibility index (Phi) is 9.37. The van der Waals surface area contributed by atoms with Crippen molar-refractivity contribution in [2.24, 2.45) is 0 Å². The van der Waals surface area contributed by atoms with Crippen molar-refractivity contribution in [1.29, 1.82) is 0 Å². The van der Waals surface area contributed by atoms with Gasteiger partial charge in [-0.25, -0.2) is 4.98 Å². The molecule has 8 heteroatoms. The van der Waals surface area contributed by atoms with E-state index in [-0.39, 0.29) is 37.3 Å². The highest BCUT2D eigenvalue weighted by atomic mass is 35.5. The molecule has 0 saturated heterocycles. The van der Waals surface area contributed by atoms with E-state index in [1.807, 2.05) is 0 Å². The van der Waals surface area contributed by atoms with Crippen LogP contribution in [0.25, 0.3) is 0 Å². The van der Waals surface area contributed by atoms with E-state index in [1.165, 1.54) is 17.5 Å². The number of aromatic nitrogens is 1. The standard InChI is InChI=1S/C22H28N4O2.2ClH/c27-20(15-26-11-9-16-4-1-2-5-18(16)14-26)13-24-22(28)17-8-10-23-21(12-17)25-19-6-3-7-19;;/h1-2,4-5,8,10,12,19-20,27H,3,6-7,9,11,13-15H2,(H,23,25)(H,24,28);2*1H. The highest BCUT2D eigenvalue weighted by molar-refractivity contribution is 5.94. The molecule has 1 aromatic heterocycles. The van der Waals surface area contributed by atoms with Gasteiger partial charge < -0.3 is 15.7 Å². The molecule has 1 atom stereocenters. The van der Waals surface area contributed by atoms with Crippen LogP contribution in [0.1, 0.15) is 40.7 Å². The maximum atomic E-state index is 12.4. The molecular weight excluding hydrogens is 423 g/mol. The minimum atomic E-state index is -0.594. The maximum absolute atomic E-state index is 12.4. The van der Waals surface area contributed by atoms with Gasteiger partial charge in [0, 0.05) is 44.0 Å². The number of hydrogen-bond donors (Lipinski definition) is 3. The fourth-order valence-corrected chi connectivity index (χ4v) is 3.80. The third kappa shape index (κ3) is 6.32.